The van der Waals surface area contributed by atoms with Gasteiger partial charge in [0, 0.05) is 18.3 Å². The van der Waals surface area contributed by atoms with Crippen LogP contribution in [0.3, 0.4) is 0 Å². The van der Waals surface area contributed by atoms with Gasteiger partial charge in [0.15, 0.2) is 22.7 Å². The van der Waals surface area contributed by atoms with E-state index < -0.39 is 24.0 Å². The monoisotopic (exact) mass is 551 g/mol. The molecule has 12 nitrogen and oxygen atoms in total. The van der Waals surface area contributed by atoms with E-state index in [9.17, 15) is 30.0 Å². The molecule has 1 aromatic carbocycles. The number of benzene rings is 1. The minimum Gasteiger partial charge on any atom is -0.504 e. The lowest BCUT2D eigenvalue weighted by Gasteiger charge is -2.50. The van der Waals surface area contributed by atoms with Gasteiger partial charge in [0.05, 0.1) is 25.1 Å². The van der Waals surface area contributed by atoms with Gasteiger partial charge in [-0.05, 0) is 66.7 Å². The summed E-state index contributed by atoms with van der Waals surface area (Å²) in [6.45, 7) is 1.76. The number of rotatable bonds is 4. The van der Waals surface area contributed by atoms with Crippen molar-refractivity contribution >= 4 is 22.9 Å². The summed E-state index contributed by atoms with van der Waals surface area (Å²) in [4.78, 5) is 37.5. The first-order valence-electron chi connectivity index (χ1n) is 13.9. The van der Waals surface area contributed by atoms with Crippen LogP contribution >= 0.6 is 0 Å². The van der Waals surface area contributed by atoms with Crippen LogP contribution in [0.5, 0.6) is 11.5 Å². The molecular formula is C28H33N5O7. The molecule has 3 fully saturated rings. The number of H-pyrrole nitrogens is 1. The molecule has 1 aliphatic heterocycles. The smallest absolute Gasteiger partial charge is 0.280 e. The van der Waals surface area contributed by atoms with Gasteiger partial charge in [-0.25, -0.2) is 4.98 Å². The molecule has 1 saturated heterocycles. The van der Waals surface area contributed by atoms with Crippen LogP contribution in [0.15, 0.2) is 23.3 Å². The number of phenols is 2. The summed E-state index contributed by atoms with van der Waals surface area (Å²) in [5.74, 6) is 0.700. The number of aliphatic hydroxyl groups excluding tert-OH is 2. The largest absolute Gasteiger partial charge is 0.504 e. The second-order valence-corrected chi connectivity index (χ2v) is 12.1. The SMILES string of the molecule is C[C@]12CC[C@@H]3c4cc(O)c(O)cc4C(Nc4nc5c(ncn5[C@H]5C[C@H](O)[C@@H](CO)O5)c(=O)[nH]4)C[C@H]3[C@@H]1CCC2=O. The van der Waals surface area contributed by atoms with Crippen molar-refractivity contribution in [1.82, 2.24) is 19.5 Å². The predicted molar refractivity (Wildman–Crippen MR) is 142 cm³/mol. The number of Topliss-reactive ketones (excluding diaryl/α,β-unsaturated/α-hetero) is 1. The fraction of sp³-hybridized carbons (Fsp3) is 0.571. The highest BCUT2D eigenvalue weighted by molar-refractivity contribution is 5.87. The van der Waals surface area contributed by atoms with Gasteiger partial charge in [-0.1, -0.05) is 6.92 Å². The van der Waals surface area contributed by atoms with E-state index in [1.165, 1.54) is 6.33 Å². The third kappa shape index (κ3) is 3.69. The zero-order chi connectivity index (χ0) is 27.9. The summed E-state index contributed by atoms with van der Waals surface area (Å²) in [6, 6.07) is 2.88. The molecule has 2 saturated carbocycles. The van der Waals surface area contributed by atoms with Crippen molar-refractivity contribution in [1.29, 1.82) is 0 Å². The summed E-state index contributed by atoms with van der Waals surface area (Å²) in [5.41, 5.74) is 1.37. The number of hydrogen-bond donors (Lipinski definition) is 6. The van der Waals surface area contributed by atoms with Crippen molar-refractivity contribution in [2.24, 2.45) is 17.3 Å². The molecule has 0 amide bonds. The van der Waals surface area contributed by atoms with E-state index in [-0.39, 0.29) is 70.8 Å². The van der Waals surface area contributed by atoms with E-state index in [0.29, 0.717) is 18.6 Å². The molecule has 212 valence electrons. The summed E-state index contributed by atoms with van der Waals surface area (Å²) in [7, 11) is 0. The first kappa shape index (κ1) is 25.5. The molecule has 2 aromatic heterocycles. The molecule has 0 bridgehead atoms. The molecule has 4 aliphatic rings. The summed E-state index contributed by atoms with van der Waals surface area (Å²) < 4.78 is 7.35. The molecule has 3 aromatic rings. The fourth-order valence-corrected chi connectivity index (χ4v) is 7.96. The van der Waals surface area contributed by atoms with Gasteiger partial charge in [-0.15, -0.1) is 0 Å². The lowest BCUT2D eigenvalue weighted by molar-refractivity contribution is -0.129. The van der Waals surface area contributed by atoms with Crippen molar-refractivity contribution < 1.29 is 30.0 Å². The second-order valence-electron chi connectivity index (χ2n) is 12.1. The predicted octanol–water partition coefficient (Wildman–Crippen LogP) is 2.21. The zero-order valence-corrected chi connectivity index (χ0v) is 22.1. The average molecular weight is 552 g/mol. The van der Waals surface area contributed by atoms with Gasteiger partial charge in [-0.2, -0.15) is 4.98 Å². The number of aliphatic hydroxyl groups is 2. The van der Waals surface area contributed by atoms with Crippen LogP contribution in [0, 0.1) is 17.3 Å². The van der Waals surface area contributed by atoms with Crippen molar-refractivity contribution in [3.63, 3.8) is 0 Å². The average Bonchev–Trinajstić information content (AvgIpc) is 3.60. The topological polar surface area (TPSA) is 183 Å². The van der Waals surface area contributed by atoms with Gasteiger partial charge < -0.3 is 30.5 Å². The van der Waals surface area contributed by atoms with Crippen LogP contribution in [0.4, 0.5) is 5.95 Å². The Morgan fingerprint density at radius 2 is 1.95 bits per heavy atom. The third-order valence-electron chi connectivity index (χ3n) is 10.0. The number of anilines is 1. The normalized spacial score (nSPS) is 35.0. The number of ether oxygens (including phenoxy) is 1. The number of carbonyl (C=O) groups excluding carboxylic acids is 1. The molecule has 3 aliphatic carbocycles. The van der Waals surface area contributed by atoms with Crippen molar-refractivity contribution in [2.45, 2.75) is 75.8 Å². The highest BCUT2D eigenvalue weighted by Crippen LogP contribution is 2.61. The number of imidazole rings is 1. The number of fused-ring (bicyclic) bond motifs is 6. The van der Waals surface area contributed by atoms with E-state index >= 15 is 0 Å². The van der Waals surface area contributed by atoms with Gasteiger partial charge in [0.1, 0.15) is 18.1 Å². The van der Waals surface area contributed by atoms with E-state index in [1.54, 1.807) is 16.7 Å². The van der Waals surface area contributed by atoms with Crippen LogP contribution in [-0.2, 0) is 9.53 Å². The van der Waals surface area contributed by atoms with E-state index in [4.69, 9.17) is 4.74 Å². The summed E-state index contributed by atoms with van der Waals surface area (Å²) >= 11 is 0. The lowest BCUT2D eigenvalue weighted by Crippen LogP contribution is -2.44. The Kier molecular flexibility index (Phi) is 5.74. The molecule has 3 heterocycles. The highest BCUT2D eigenvalue weighted by atomic mass is 16.5. The quantitative estimate of drug-likeness (QED) is 0.263. The van der Waals surface area contributed by atoms with E-state index in [0.717, 1.165) is 30.4 Å². The number of aromatic hydroxyl groups is 2. The number of nitrogens with zero attached hydrogens (tertiary/aromatic N) is 3. The minimum atomic E-state index is -0.855. The summed E-state index contributed by atoms with van der Waals surface area (Å²) in [6.07, 6.45) is 3.15. The lowest BCUT2D eigenvalue weighted by atomic mass is 9.55. The molecular weight excluding hydrogens is 518 g/mol. The number of hydrogen-bond acceptors (Lipinski definition) is 10. The summed E-state index contributed by atoms with van der Waals surface area (Å²) in [5, 5.41) is 43.9. The van der Waals surface area contributed by atoms with Crippen molar-refractivity contribution in [3.05, 3.63) is 39.9 Å². The molecule has 6 N–H and O–H groups in total. The Labute approximate surface area is 229 Å². The number of phenolic OH excluding ortho intramolecular Hbond substituents is 2. The van der Waals surface area contributed by atoms with Crippen molar-refractivity contribution in [3.8, 4) is 11.5 Å². The standard InChI is InChI=1S/C28H33N5O7/c1-28-5-4-12-13-7-18(35)19(36)8-15(13)17(6-14(12)16(28)2-3-22(28)38)30-27-31-25-24(26(39)32-27)29-11-33(25)23-9-20(37)21(10-34)40-23/h7-8,11-12,14,16-17,20-21,23,34-37H,2-6,9-10H2,1H3,(H2,30,31,32,39)/t12-,14-,16+,17?,20+,21-,23-,28+/m1/s1. The Bertz CT molecular complexity index is 1570. The maximum Gasteiger partial charge on any atom is 0.280 e. The fourth-order valence-electron chi connectivity index (χ4n) is 7.96. The van der Waals surface area contributed by atoms with Crippen LogP contribution in [0.1, 0.15) is 74.8 Å². The minimum absolute atomic E-state index is 0.121. The molecule has 12 heteroatoms. The Balaban J connectivity index is 1.27. The zero-order valence-electron chi connectivity index (χ0n) is 22.1. The molecule has 0 spiro atoms. The van der Waals surface area contributed by atoms with Gasteiger partial charge in [0.25, 0.3) is 5.56 Å². The number of aromatic amines is 1. The van der Waals surface area contributed by atoms with Crippen LogP contribution in [-0.4, -0.2) is 64.5 Å². The number of ketones is 1. The van der Waals surface area contributed by atoms with Gasteiger partial charge >= 0.3 is 0 Å². The second kappa shape index (κ2) is 9.02. The number of aromatic nitrogens is 4. The number of nitrogens with one attached hydrogen (secondary N) is 2. The molecule has 8 atom stereocenters. The van der Waals surface area contributed by atoms with E-state index in [1.807, 2.05) is 0 Å². The first-order chi connectivity index (χ1) is 19.2. The number of carbonyl (C=O) groups is 1. The van der Waals surface area contributed by atoms with E-state index in [2.05, 4.69) is 27.2 Å². The molecule has 40 heavy (non-hydrogen) atoms. The molecule has 0 radical (unpaired) electrons. The van der Waals surface area contributed by atoms with Crippen LogP contribution in [0.25, 0.3) is 11.2 Å². The maximum atomic E-state index is 13.0. The van der Waals surface area contributed by atoms with Crippen LogP contribution in [0.2, 0.25) is 0 Å². The maximum absolute atomic E-state index is 13.0. The first-order valence-corrected chi connectivity index (χ1v) is 13.9. The van der Waals surface area contributed by atoms with Crippen molar-refractivity contribution in [2.75, 3.05) is 11.9 Å². The Morgan fingerprint density at radius 3 is 2.70 bits per heavy atom. The van der Waals surface area contributed by atoms with Crippen LogP contribution < -0.4 is 10.9 Å². The van der Waals surface area contributed by atoms with Gasteiger partial charge in [0.2, 0.25) is 5.95 Å². The third-order valence-corrected chi connectivity index (χ3v) is 10.0. The molecule has 7 rings (SSSR count). The van der Waals surface area contributed by atoms with Gasteiger partial charge in [-0.3, -0.25) is 19.1 Å². The highest BCUT2D eigenvalue weighted by Gasteiger charge is 2.55. The Morgan fingerprint density at radius 1 is 1.18 bits per heavy atom. The molecule has 1 unspecified atom stereocenters. The Hall–Kier alpha value is -3.48.